The van der Waals surface area contributed by atoms with Gasteiger partial charge in [-0.2, -0.15) is 0 Å². The highest BCUT2D eigenvalue weighted by Gasteiger charge is 2.51. The number of carbonyl (C=O) groups is 2. The highest BCUT2D eigenvalue weighted by molar-refractivity contribution is 5.98. The van der Waals surface area contributed by atoms with E-state index < -0.39 is 0 Å². The van der Waals surface area contributed by atoms with Crippen molar-refractivity contribution in [1.29, 1.82) is 0 Å². The molecule has 1 aromatic heterocycles. The van der Waals surface area contributed by atoms with Gasteiger partial charge in [-0.15, -0.1) is 0 Å². The zero-order valence-corrected chi connectivity index (χ0v) is 15.6. The van der Waals surface area contributed by atoms with Gasteiger partial charge in [-0.25, -0.2) is 0 Å². The Hall–Kier alpha value is -2.43. The molecule has 4 aliphatic rings. The topological polar surface area (TPSA) is 62.3 Å². The monoisotopic (exact) mass is 363 g/mol. The van der Waals surface area contributed by atoms with Gasteiger partial charge < -0.3 is 10.2 Å². The maximum atomic E-state index is 13.0. The number of amides is 2. The van der Waals surface area contributed by atoms with Crippen molar-refractivity contribution in [2.24, 2.45) is 11.8 Å². The standard InChI is InChI=1S/C22H25N3O2/c1-14-11-18(14)21(27)25-13-22(8-6-17(25)7-9-22)24-20(26)16-5-4-15-3-2-10-23-19(15)12-16/h2-5,10,12,14,17-18H,6-9,11,13H2,1H3,(H,24,26)/t14-,17?,18-,22?/m1/s1. The summed E-state index contributed by atoms with van der Waals surface area (Å²) in [5.41, 5.74) is 1.19. The molecule has 2 saturated heterocycles. The van der Waals surface area contributed by atoms with Crippen molar-refractivity contribution < 1.29 is 9.59 Å². The minimum absolute atomic E-state index is 0.0601. The fourth-order valence-corrected chi connectivity index (χ4v) is 4.90. The van der Waals surface area contributed by atoms with Crippen molar-refractivity contribution in [2.45, 2.75) is 50.6 Å². The molecule has 0 spiro atoms. The Morgan fingerprint density at radius 2 is 2.00 bits per heavy atom. The molecular weight excluding hydrogens is 338 g/mol. The van der Waals surface area contributed by atoms with Gasteiger partial charge in [0.2, 0.25) is 5.91 Å². The molecule has 0 unspecified atom stereocenters. The van der Waals surface area contributed by atoms with E-state index >= 15 is 0 Å². The van der Waals surface area contributed by atoms with E-state index in [2.05, 4.69) is 22.1 Å². The van der Waals surface area contributed by atoms with E-state index in [4.69, 9.17) is 0 Å². The molecule has 6 rings (SSSR count). The average molecular weight is 363 g/mol. The summed E-state index contributed by atoms with van der Waals surface area (Å²) in [7, 11) is 0. The van der Waals surface area contributed by atoms with Gasteiger partial charge in [0, 0.05) is 35.7 Å². The highest BCUT2D eigenvalue weighted by atomic mass is 16.2. The zero-order valence-electron chi connectivity index (χ0n) is 15.6. The summed E-state index contributed by atoms with van der Waals surface area (Å²) in [6.07, 6.45) is 6.66. The fraction of sp³-hybridized carbons (Fsp3) is 0.500. The first kappa shape index (κ1) is 16.7. The SMILES string of the molecule is C[C@@H]1C[C@H]1C(=O)N1CC2(NC(=O)c3ccc4cccnc4c3)CCC1CC2. The molecule has 1 N–H and O–H groups in total. The van der Waals surface area contributed by atoms with E-state index in [9.17, 15) is 9.59 Å². The number of aromatic nitrogens is 1. The lowest BCUT2D eigenvalue weighted by Gasteiger charge is -2.53. The Morgan fingerprint density at radius 3 is 2.74 bits per heavy atom. The van der Waals surface area contributed by atoms with E-state index in [1.165, 1.54) is 0 Å². The van der Waals surface area contributed by atoms with E-state index in [0.29, 0.717) is 30.0 Å². The van der Waals surface area contributed by atoms with Crippen molar-refractivity contribution in [3.63, 3.8) is 0 Å². The summed E-state index contributed by atoms with van der Waals surface area (Å²) in [5.74, 6) is 0.979. The molecule has 1 aromatic carbocycles. The second-order valence-electron chi connectivity index (χ2n) is 8.66. The summed E-state index contributed by atoms with van der Waals surface area (Å²) < 4.78 is 0. The average Bonchev–Trinajstić information content (AvgIpc) is 3.44. The van der Waals surface area contributed by atoms with Crippen LogP contribution in [-0.2, 0) is 4.79 Å². The molecule has 2 atom stereocenters. The molecule has 2 bridgehead atoms. The van der Waals surface area contributed by atoms with Crippen molar-refractivity contribution in [3.05, 3.63) is 42.1 Å². The quantitative estimate of drug-likeness (QED) is 0.911. The van der Waals surface area contributed by atoms with E-state index in [-0.39, 0.29) is 17.4 Å². The third-order valence-corrected chi connectivity index (χ3v) is 6.78. The smallest absolute Gasteiger partial charge is 0.251 e. The van der Waals surface area contributed by atoms with Gasteiger partial charge in [0.05, 0.1) is 11.1 Å². The molecule has 140 valence electrons. The fourth-order valence-electron chi connectivity index (χ4n) is 4.90. The molecule has 2 aliphatic carbocycles. The number of nitrogens with one attached hydrogen (secondary N) is 1. The molecule has 3 heterocycles. The number of benzene rings is 1. The summed E-state index contributed by atoms with van der Waals surface area (Å²) in [6.45, 7) is 2.81. The second-order valence-corrected chi connectivity index (χ2v) is 8.66. The maximum Gasteiger partial charge on any atom is 0.251 e. The first-order valence-electron chi connectivity index (χ1n) is 10.0. The van der Waals surface area contributed by atoms with Crippen LogP contribution in [0.1, 0.15) is 49.4 Å². The zero-order chi connectivity index (χ0) is 18.6. The van der Waals surface area contributed by atoms with Gasteiger partial charge in [0.25, 0.3) is 5.91 Å². The van der Waals surface area contributed by atoms with Gasteiger partial charge in [0.15, 0.2) is 0 Å². The van der Waals surface area contributed by atoms with Gasteiger partial charge in [-0.05, 0) is 56.2 Å². The van der Waals surface area contributed by atoms with Crippen molar-refractivity contribution >= 4 is 22.7 Å². The largest absolute Gasteiger partial charge is 0.345 e. The normalized spacial score (nSPS) is 31.7. The summed E-state index contributed by atoms with van der Waals surface area (Å²) in [5, 5.41) is 4.32. The Labute approximate surface area is 159 Å². The summed E-state index contributed by atoms with van der Waals surface area (Å²) in [6, 6.07) is 9.91. The lowest BCUT2D eigenvalue weighted by molar-refractivity contribution is -0.142. The minimum atomic E-state index is -0.279. The van der Waals surface area contributed by atoms with E-state index in [0.717, 1.165) is 43.0 Å². The minimum Gasteiger partial charge on any atom is -0.345 e. The lowest BCUT2D eigenvalue weighted by Crippen LogP contribution is -2.66. The predicted molar refractivity (Wildman–Crippen MR) is 103 cm³/mol. The maximum absolute atomic E-state index is 13.0. The number of pyridine rings is 1. The van der Waals surface area contributed by atoms with Gasteiger partial charge >= 0.3 is 0 Å². The molecule has 2 saturated carbocycles. The van der Waals surface area contributed by atoms with Crippen LogP contribution in [0.4, 0.5) is 0 Å². The predicted octanol–water partition coefficient (Wildman–Crippen LogP) is 3.14. The lowest BCUT2D eigenvalue weighted by atomic mass is 9.73. The second kappa shape index (κ2) is 6.04. The van der Waals surface area contributed by atoms with E-state index in [1.807, 2.05) is 30.3 Å². The van der Waals surface area contributed by atoms with Crippen molar-refractivity contribution in [3.8, 4) is 0 Å². The van der Waals surface area contributed by atoms with Crippen LogP contribution < -0.4 is 5.32 Å². The number of nitrogens with zero attached hydrogens (tertiary/aromatic N) is 2. The third-order valence-electron chi connectivity index (χ3n) is 6.78. The Kier molecular flexibility index (Phi) is 3.74. The molecule has 4 fully saturated rings. The molecule has 5 heteroatoms. The van der Waals surface area contributed by atoms with Gasteiger partial charge in [0.1, 0.15) is 0 Å². The summed E-state index contributed by atoms with van der Waals surface area (Å²) in [4.78, 5) is 32.2. The molecule has 27 heavy (non-hydrogen) atoms. The first-order valence-corrected chi connectivity index (χ1v) is 10.0. The molecule has 2 aliphatic heterocycles. The van der Waals surface area contributed by atoms with E-state index in [1.54, 1.807) is 6.20 Å². The number of hydrogen-bond acceptors (Lipinski definition) is 3. The molecule has 0 radical (unpaired) electrons. The number of fused-ring (bicyclic) bond motifs is 4. The first-order chi connectivity index (χ1) is 13.0. The summed E-state index contributed by atoms with van der Waals surface area (Å²) >= 11 is 0. The third kappa shape index (κ3) is 2.89. The number of rotatable bonds is 3. The highest BCUT2D eigenvalue weighted by Crippen LogP contribution is 2.44. The van der Waals surface area contributed by atoms with Crippen LogP contribution in [0.2, 0.25) is 0 Å². The number of hydrogen-bond donors (Lipinski definition) is 1. The Balaban J connectivity index is 1.35. The van der Waals surface area contributed by atoms with Crippen molar-refractivity contribution in [2.75, 3.05) is 6.54 Å². The van der Waals surface area contributed by atoms with Gasteiger partial charge in [-0.1, -0.05) is 19.1 Å². The van der Waals surface area contributed by atoms with Crippen LogP contribution in [0.25, 0.3) is 10.9 Å². The van der Waals surface area contributed by atoms with Crippen LogP contribution in [0, 0.1) is 11.8 Å². The van der Waals surface area contributed by atoms with Crippen LogP contribution >= 0.6 is 0 Å². The van der Waals surface area contributed by atoms with Crippen LogP contribution in [0.5, 0.6) is 0 Å². The molecule has 2 aromatic rings. The van der Waals surface area contributed by atoms with Gasteiger partial charge in [-0.3, -0.25) is 14.6 Å². The molecular formula is C22H25N3O2. The van der Waals surface area contributed by atoms with Crippen LogP contribution in [0.3, 0.4) is 0 Å². The Morgan fingerprint density at radius 1 is 1.22 bits per heavy atom. The number of piperidine rings is 2. The molecule has 5 nitrogen and oxygen atoms in total. The van der Waals surface area contributed by atoms with Crippen molar-refractivity contribution in [1.82, 2.24) is 15.2 Å². The van der Waals surface area contributed by atoms with Crippen LogP contribution in [-0.4, -0.2) is 39.8 Å². The van der Waals surface area contributed by atoms with Crippen LogP contribution in [0.15, 0.2) is 36.5 Å². The molecule has 2 amide bonds. The number of carbonyl (C=O) groups excluding carboxylic acids is 2. The Bertz CT molecular complexity index is 917.